The van der Waals surface area contributed by atoms with Gasteiger partial charge in [-0.15, -0.1) is 0 Å². The number of carbonyl (C=O) groups excluding carboxylic acids is 1. The van der Waals surface area contributed by atoms with Crippen LogP contribution in [0.25, 0.3) is 0 Å². The zero-order chi connectivity index (χ0) is 20.7. The summed E-state index contributed by atoms with van der Waals surface area (Å²) in [5, 5.41) is 2.70. The van der Waals surface area contributed by atoms with Crippen molar-refractivity contribution in [2.75, 3.05) is 21.3 Å². The maximum Gasteiger partial charge on any atom is 0.241 e. The van der Waals surface area contributed by atoms with Crippen LogP contribution in [-0.2, 0) is 21.4 Å². The molecule has 0 fully saturated rings. The third-order valence-electron chi connectivity index (χ3n) is 4.04. The zero-order valence-electron chi connectivity index (χ0n) is 16.2. The molecule has 2 aromatic rings. The van der Waals surface area contributed by atoms with Gasteiger partial charge >= 0.3 is 0 Å². The molecule has 2 aromatic carbocycles. The van der Waals surface area contributed by atoms with Gasteiger partial charge < -0.3 is 19.5 Å². The van der Waals surface area contributed by atoms with E-state index in [1.54, 1.807) is 25.3 Å². The number of carbonyl (C=O) groups is 1. The lowest BCUT2D eigenvalue weighted by molar-refractivity contribution is -0.122. The van der Waals surface area contributed by atoms with Crippen molar-refractivity contribution in [2.45, 2.75) is 24.4 Å². The average molecular weight is 408 g/mol. The average Bonchev–Trinajstić information content (AvgIpc) is 2.71. The van der Waals surface area contributed by atoms with E-state index in [1.165, 1.54) is 45.4 Å². The molecule has 2 N–H and O–H groups in total. The predicted molar refractivity (Wildman–Crippen MR) is 104 cm³/mol. The van der Waals surface area contributed by atoms with E-state index >= 15 is 0 Å². The predicted octanol–water partition coefficient (Wildman–Crippen LogP) is 1.70. The van der Waals surface area contributed by atoms with Gasteiger partial charge in [-0.1, -0.05) is 0 Å². The highest BCUT2D eigenvalue weighted by molar-refractivity contribution is 7.89. The lowest BCUT2D eigenvalue weighted by atomic mass is 10.2. The quantitative estimate of drug-likeness (QED) is 0.655. The van der Waals surface area contributed by atoms with Crippen molar-refractivity contribution in [3.63, 3.8) is 0 Å². The van der Waals surface area contributed by atoms with Gasteiger partial charge in [0.25, 0.3) is 0 Å². The van der Waals surface area contributed by atoms with Crippen molar-refractivity contribution >= 4 is 15.9 Å². The van der Waals surface area contributed by atoms with Gasteiger partial charge in [0.15, 0.2) is 0 Å². The maximum atomic E-state index is 12.4. The zero-order valence-corrected chi connectivity index (χ0v) is 17.0. The molecule has 152 valence electrons. The molecule has 0 radical (unpaired) electrons. The van der Waals surface area contributed by atoms with Crippen LogP contribution in [0.2, 0.25) is 0 Å². The molecular formula is C19H24N2O6S. The summed E-state index contributed by atoms with van der Waals surface area (Å²) >= 11 is 0. The number of amides is 1. The Kier molecular flexibility index (Phi) is 7.24. The molecule has 0 aliphatic carbocycles. The molecule has 1 amide bonds. The van der Waals surface area contributed by atoms with Gasteiger partial charge in [0.1, 0.15) is 17.2 Å². The Bertz CT molecular complexity index is 913. The van der Waals surface area contributed by atoms with Crippen LogP contribution < -0.4 is 24.2 Å². The Morgan fingerprint density at radius 1 is 0.964 bits per heavy atom. The van der Waals surface area contributed by atoms with Crippen LogP contribution in [-0.4, -0.2) is 41.7 Å². The van der Waals surface area contributed by atoms with Gasteiger partial charge in [-0.2, -0.15) is 4.72 Å². The Hall–Kier alpha value is -2.78. The molecule has 0 aliphatic heterocycles. The number of rotatable bonds is 9. The van der Waals surface area contributed by atoms with E-state index < -0.39 is 22.0 Å². The molecule has 1 atom stereocenters. The first-order valence-corrected chi connectivity index (χ1v) is 9.94. The topological polar surface area (TPSA) is 103 Å². The summed E-state index contributed by atoms with van der Waals surface area (Å²) in [5.41, 5.74) is 0.709. The van der Waals surface area contributed by atoms with E-state index in [2.05, 4.69) is 10.0 Å². The standard InChI is InChI=1S/C19H24N2O6S/c1-13(21-28(23,24)17-8-5-15(25-2)6-9-17)19(22)20-12-14-11-16(26-3)7-10-18(14)27-4/h5-11,13,21H,12H2,1-4H3,(H,20,22)/t13-/m0/s1. The highest BCUT2D eigenvalue weighted by atomic mass is 32.2. The summed E-state index contributed by atoms with van der Waals surface area (Å²) in [6, 6.07) is 10.1. The van der Waals surface area contributed by atoms with Crippen LogP contribution in [0.1, 0.15) is 12.5 Å². The second-order valence-electron chi connectivity index (χ2n) is 5.91. The molecular weight excluding hydrogens is 384 g/mol. The first-order chi connectivity index (χ1) is 13.3. The van der Waals surface area contributed by atoms with Crippen LogP contribution in [0.5, 0.6) is 17.2 Å². The normalized spacial score (nSPS) is 12.1. The molecule has 0 spiro atoms. The van der Waals surface area contributed by atoms with E-state index in [9.17, 15) is 13.2 Å². The minimum atomic E-state index is -3.85. The SMILES string of the molecule is COc1ccc(S(=O)(=O)N[C@@H](C)C(=O)NCc2cc(OC)ccc2OC)cc1. The summed E-state index contributed by atoms with van der Waals surface area (Å²) in [6.07, 6.45) is 0. The van der Waals surface area contributed by atoms with Gasteiger partial charge in [0, 0.05) is 12.1 Å². The summed E-state index contributed by atoms with van der Waals surface area (Å²) in [7, 11) is 0.713. The van der Waals surface area contributed by atoms with Gasteiger partial charge in [-0.25, -0.2) is 8.42 Å². The third-order valence-corrected chi connectivity index (χ3v) is 5.59. The van der Waals surface area contributed by atoms with Crippen LogP contribution in [0.3, 0.4) is 0 Å². The molecule has 28 heavy (non-hydrogen) atoms. The van der Waals surface area contributed by atoms with E-state index in [4.69, 9.17) is 14.2 Å². The minimum Gasteiger partial charge on any atom is -0.497 e. The molecule has 0 bridgehead atoms. The number of hydrogen-bond acceptors (Lipinski definition) is 6. The van der Waals surface area contributed by atoms with Crippen molar-refractivity contribution < 1.29 is 27.4 Å². The first-order valence-electron chi connectivity index (χ1n) is 8.45. The Morgan fingerprint density at radius 3 is 2.14 bits per heavy atom. The van der Waals surface area contributed by atoms with Gasteiger partial charge in [0.2, 0.25) is 15.9 Å². The van der Waals surface area contributed by atoms with Crippen molar-refractivity contribution in [3.8, 4) is 17.2 Å². The van der Waals surface area contributed by atoms with Crippen LogP contribution >= 0.6 is 0 Å². The molecule has 2 rings (SSSR count). The van der Waals surface area contributed by atoms with Crippen LogP contribution in [0, 0.1) is 0 Å². The molecule has 0 aromatic heterocycles. The Morgan fingerprint density at radius 2 is 1.57 bits per heavy atom. The van der Waals surface area contributed by atoms with E-state index in [-0.39, 0.29) is 11.4 Å². The van der Waals surface area contributed by atoms with Crippen molar-refractivity contribution in [2.24, 2.45) is 0 Å². The number of sulfonamides is 1. The highest BCUT2D eigenvalue weighted by Gasteiger charge is 2.22. The largest absolute Gasteiger partial charge is 0.497 e. The van der Waals surface area contributed by atoms with E-state index in [0.29, 0.717) is 22.8 Å². The second kappa shape index (κ2) is 9.43. The summed E-state index contributed by atoms with van der Waals surface area (Å²) in [4.78, 5) is 12.4. The summed E-state index contributed by atoms with van der Waals surface area (Å²) < 4.78 is 42.7. The summed E-state index contributed by atoms with van der Waals surface area (Å²) in [6.45, 7) is 1.63. The molecule has 0 unspecified atom stereocenters. The smallest absolute Gasteiger partial charge is 0.241 e. The monoisotopic (exact) mass is 408 g/mol. The molecule has 0 aliphatic rings. The van der Waals surface area contributed by atoms with Gasteiger partial charge in [-0.05, 0) is 49.4 Å². The first kappa shape index (κ1) is 21.5. The maximum absolute atomic E-state index is 12.4. The molecule has 0 saturated carbocycles. The fourth-order valence-corrected chi connectivity index (χ4v) is 3.67. The number of methoxy groups -OCH3 is 3. The minimum absolute atomic E-state index is 0.0439. The second-order valence-corrected chi connectivity index (χ2v) is 7.63. The molecule has 8 nitrogen and oxygen atoms in total. The van der Waals surface area contributed by atoms with Crippen molar-refractivity contribution in [1.29, 1.82) is 0 Å². The molecule has 0 saturated heterocycles. The van der Waals surface area contributed by atoms with Crippen molar-refractivity contribution in [1.82, 2.24) is 10.0 Å². The van der Waals surface area contributed by atoms with Crippen LogP contribution in [0.4, 0.5) is 0 Å². The molecule has 0 heterocycles. The number of nitrogens with one attached hydrogen (secondary N) is 2. The Balaban J connectivity index is 2.02. The highest BCUT2D eigenvalue weighted by Crippen LogP contribution is 2.23. The number of hydrogen-bond donors (Lipinski definition) is 2. The number of ether oxygens (including phenoxy) is 3. The Labute approximate surface area is 164 Å². The lowest BCUT2D eigenvalue weighted by Gasteiger charge is -2.16. The fourth-order valence-electron chi connectivity index (χ4n) is 2.46. The van der Waals surface area contributed by atoms with Crippen molar-refractivity contribution in [3.05, 3.63) is 48.0 Å². The van der Waals surface area contributed by atoms with Crippen LogP contribution in [0.15, 0.2) is 47.4 Å². The number of benzene rings is 2. The van der Waals surface area contributed by atoms with E-state index in [1.807, 2.05) is 0 Å². The van der Waals surface area contributed by atoms with Gasteiger partial charge in [0.05, 0.1) is 32.3 Å². The van der Waals surface area contributed by atoms with E-state index in [0.717, 1.165) is 0 Å². The van der Waals surface area contributed by atoms with Gasteiger partial charge in [-0.3, -0.25) is 4.79 Å². The fraction of sp³-hybridized carbons (Fsp3) is 0.316. The lowest BCUT2D eigenvalue weighted by Crippen LogP contribution is -2.44. The third kappa shape index (κ3) is 5.37. The molecule has 9 heteroatoms. The summed E-state index contributed by atoms with van der Waals surface area (Å²) in [5.74, 6) is 1.28.